The molecule has 30 heavy (non-hydrogen) atoms. The summed E-state index contributed by atoms with van der Waals surface area (Å²) in [6.45, 7) is 3.12. The molecule has 0 spiro atoms. The van der Waals surface area contributed by atoms with Crippen molar-refractivity contribution in [3.8, 4) is 11.5 Å². The molecule has 0 saturated carbocycles. The number of amides is 1. The molecule has 5 nitrogen and oxygen atoms in total. The minimum atomic E-state index is -0.392. The number of hydrogen-bond acceptors (Lipinski definition) is 3. The van der Waals surface area contributed by atoms with E-state index < -0.39 is 6.04 Å². The first-order chi connectivity index (χ1) is 14.8. The number of hydrogen-bond donors (Lipinski definition) is 2. The molecule has 5 heteroatoms. The molecule has 154 valence electrons. The zero-order valence-corrected chi connectivity index (χ0v) is 17.1. The van der Waals surface area contributed by atoms with Crippen LogP contribution in [0, 0.1) is 0 Å². The highest BCUT2D eigenvalue weighted by Crippen LogP contribution is 2.30. The van der Waals surface area contributed by atoms with Crippen LogP contribution in [0.5, 0.6) is 11.5 Å². The summed E-state index contributed by atoms with van der Waals surface area (Å²) in [5.41, 5.74) is 2.78. The third kappa shape index (κ3) is 4.47. The van der Waals surface area contributed by atoms with Gasteiger partial charge in [-0.1, -0.05) is 54.6 Å². The van der Waals surface area contributed by atoms with Crippen molar-refractivity contribution >= 4 is 11.6 Å². The molecule has 2 atom stereocenters. The first-order valence-electron chi connectivity index (χ1n) is 10.4. The zero-order valence-electron chi connectivity index (χ0n) is 17.1. The topological polar surface area (TPSA) is 64.2 Å². The zero-order chi connectivity index (χ0) is 20.8. The van der Waals surface area contributed by atoms with Crippen LogP contribution in [0.15, 0.2) is 78.9 Å². The lowest BCUT2D eigenvalue weighted by Crippen LogP contribution is -2.88. The quantitative estimate of drug-likeness (QED) is 0.630. The fourth-order valence-corrected chi connectivity index (χ4v) is 3.87. The number of nitrogens with one attached hydrogen (secondary N) is 1. The smallest absolute Gasteiger partial charge is 0.287 e. The van der Waals surface area contributed by atoms with Crippen molar-refractivity contribution in [2.75, 3.05) is 18.5 Å². The van der Waals surface area contributed by atoms with E-state index in [1.54, 1.807) is 0 Å². The normalized spacial score (nSPS) is 16.1. The third-order valence-electron chi connectivity index (χ3n) is 5.32. The van der Waals surface area contributed by atoms with Gasteiger partial charge in [0.15, 0.2) is 6.04 Å². The lowest BCUT2D eigenvalue weighted by atomic mass is 9.97. The van der Waals surface area contributed by atoms with E-state index in [0.717, 1.165) is 23.3 Å². The van der Waals surface area contributed by atoms with E-state index in [0.29, 0.717) is 24.7 Å². The Kier molecular flexibility index (Phi) is 6.30. The van der Waals surface area contributed by atoms with Crippen molar-refractivity contribution in [1.29, 1.82) is 0 Å². The summed E-state index contributed by atoms with van der Waals surface area (Å²) in [5, 5.41) is 5.23. The van der Waals surface area contributed by atoms with Gasteiger partial charge in [-0.15, -0.1) is 0 Å². The number of para-hydroxylation sites is 3. The number of nitrogens with two attached hydrogens (primary N) is 1. The molecule has 1 aliphatic rings. The van der Waals surface area contributed by atoms with Gasteiger partial charge in [-0.05, 0) is 31.2 Å². The van der Waals surface area contributed by atoms with E-state index in [-0.39, 0.29) is 11.9 Å². The summed E-state index contributed by atoms with van der Waals surface area (Å²) >= 11 is 0. The van der Waals surface area contributed by atoms with Gasteiger partial charge in [0.05, 0.1) is 24.5 Å². The van der Waals surface area contributed by atoms with Crippen molar-refractivity contribution in [3.05, 3.63) is 90.0 Å². The van der Waals surface area contributed by atoms with E-state index in [4.69, 9.17) is 9.47 Å². The van der Waals surface area contributed by atoms with Crippen LogP contribution in [0.4, 0.5) is 5.69 Å². The fourth-order valence-electron chi connectivity index (χ4n) is 3.87. The van der Waals surface area contributed by atoms with Crippen molar-refractivity contribution < 1.29 is 19.6 Å². The Balaban J connectivity index is 1.61. The Morgan fingerprint density at radius 2 is 1.80 bits per heavy atom. The maximum absolute atomic E-state index is 13.4. The summed E-state index contributed by atoms with van der Waals surface area (Å²) in [4.78, 5) is 13.4. The molecule has 1 heterocycles. The first-order valence-corrected chi connectivity index (χ1v) is 10.4. The predicted octanol–water partition coefficient (Wildman–Crippen LogP) is 3.85. The second kappa shape index (κ2) is 9.46. The van der Waals surface area contributed by atoms with Crippen molar-refractivity contribution in [3.63, 3.8) is 0 Å². The lowest BCUT2D eigenvalue weighted by molar-refractivity contribution is -0.723. The maximum Gasteiger partial charge on any atom is 0.287 e. The second-order valence-electron chi connectivity index (χ2n) is 7.28. The lowest BCUT2D eigenvalue weighted by Gasteiger charge is -2.27. The Labute approximate surface area is 177 Å². The molecule has 1 amide bonds. The Morgan fingerprint density at radius 1 is 1.07 bits per heavy atom. The standard InChI is InChI=1S/C25H26N2O3/c1-2-29-23-15-9-7-13-21(23)27-25(28)24(18-10-4-3-5-11-18)26-20-16-17-30-22-14-8-6-12-19(20)22/h3-15,20,24,26H,2,16-17H2,1H3,(H,27,28)/p+1/t20-,24-/m1/s1. The van der Waals surface area contributed by atoms with Gasteiger partial charge in [0.2, 0.25) is 0 Å². The SMILES string of the molecule is CCOc1ccccc1NC(=O)[C@H]([NH2+][C@@H]1CCOc2ccccc21)c1ccccc1. The minimum Gasteiger partial charge on any atom is -0.493 e. The van der Waals surface area contributed by atoms with Crippen molar-refractivity contribution in [2.45, 2.75) is 25.4 Å². The molecule has 0 unspecified atom stereocenters. The average molecular weight is 404 g/mol. The van der Waals surface area contributed by atoms with Crippen LogP contribution in [0.1, 0.15) is 36.6 Å². The summed E-state index contributed by atoms with van der Waals surface area (Å²) in [5.74, 6) is 1.51. The highest BCUT2D eigenvalue weighted by atomic mass is 16.5. The highest BCUT2D eigenvalue weighted by Gasteiger charge is 2.32. The molecule has 3 aromatic carbocycles. The molecule has 0 fully saturated rings. The van der Waals surface area contributed by atoms with Gasteiger partial charge in [0.25, 0.3) is 5.91 Å². The van der Waals surface area contributed by atoms with Crippen LogP contribution < -0.4 is 20.1 Å². The number of benzene rings is 3. The molecule has 4 rings (SSSR count). The molecular formula is C25H27N2O3+. The van der Waals surface area contributed by atoms with Gasteiger partial charge < -0.3 is 20.1 Å². The van der Waals surface area contributed by atoms with Gasteiger partial charge in [0.1, 0.15) is 17.5 Å². The highest BCUT2D eigenvalue weighted by molar-refractivity contribution is 5.95. The molecule has 0 radical (unpaired) electrons. The Hall–Kier alpha value is -3.31. The van der Waals surface area contributed by atoms with Crippen LogP contribution in [0.25, 0.3) is 0 Å². The molecule has 3 aromatic rings. The summed E-state index contributed by atoms with van der Waals surface area (Å²) in [6, 6.07) is 25.3. The number of carbonyl (C=O) groups is 1. The average Bonchev–Trinajstić information content (AvgIpc) is 2.79. The number of rotatable bonds is 7. The molecule has 1 aliphatic heterocycles. The summed E-state index contributed by atoms with van der Waals surface area (Å²) in [7, 11) is 0. The van der Waals surface area contributed by atoms with E-state index in [1.807, 2.05) is 79.7 Å². The molecule has 0 aliphatic carbocycles. The van der Waals surface area contributed by atoms with Crippen LogP contribution in [-0.2, 0) is 4.79 Å². The van der Waals surface area contributed by atoms with E-state index in [1.165, 1.54) is 0 Å². The Morgan fingerprint density at radius 3 is 2.63 bits per heavy atom. The maximum atomic E-state index is 13.4. The summed E-state index contributed by atoms with van der Waals surface area (Å²) < 4.78 is 11.5. The minimum absolute atomic E-state index is 0.0719. The monoisotopic (exact) mass is 403 g/mol. The van der Waals surface area contributed by atoms with Crippen LogP contribution in [0.2, 0.25) is 0 Å². The van der Waals surface area contributed by atoms with Crippen LogP contribution in [-0.4, -0.2) is 19.1 Å². The van der Waals surface area contributed by atoms with Gasteiger partial charge in [-0.25, -0.2) is 0 Å². The second-order valence-corrected chi connectivity index (χ2v) is 7.28. The number of ether oxygens (including phenoxy) is 2. The van der Waals surface area contributed by atoms with Gasteiger partial charge in [0, 0.05) is 12.0 Å². The number of anilines is 1. The number of carbonyl (C=O) groups excluding carboxylic acids is 1. The van der Waals surface area contributed by atoms with Gasteiger partial charge in [-0.3, -0.25) is 4.79 Å². The van der Waals surface area contributed by atoms with E-state index in [2.05, 4.69) is 16.7 Å². The van der Waals surface area contributed by atoms with E-state index >= 15 is 0 Å². The molecular weight excluding hydrogens is 376 g/mol. The number of fused-ring (bicyclic) bond motifs is 1. The predicted molar refractivity (Wildman–Crippen MR) is 117 cm³/mol. The molecule has 3 N–H and O–H groups in total. The van der Waals surface area contributed by atoms with Crippen LogP contribution in [0.3, 0.4) is 0 Å². The van der Waals surface area contributed by atoms with E-state index in [9.17, 15) is 4.79 Å². The fraction of sp³-hybridized carbons (Fsp3) is 0.240. The number of quaternary nitrogens is 1. The van der Waals surface area contributed by atoms with Crippen molar-refractivity contribution in [1.82, 2.24) is 0 Å². The van der Waals surface area contributed by atoms with Gasteiger partial charge >= 0.3 is 0 Å². The van der Waals surface area contributed by atoms with Gasteiger partial charge in [-0.2, -0.15) is 0 Å². The largest absolute Gasteiger partial charge is 0.493 e. The molecule has 0 aromatic heterocycles. The van der Waals surface area contributed by atoms with Crippen molar-refractivity contribution in [2.24, 2.45) is 0 Å². The Bertz CT molecular complexity index is 990. The first kappa shape index (κ1) is 20.0. The van der Waals surface area contributed by atoms with Crippen LogP contribution >= 0.6 is 0 Å². The summed E-state index contributed by atoms with van der Waals surface area (Å²) in [6.07, 6.45) is 0.850. The molecule has 0 saturated heterocycles. The molecule has 0 bridgehead atoms. The third-order valence-corrected chi connectivity index (χ3v) is 5.32.